The molecule has 8 heteroatoms. The van der Waals surface area contributed by atoms with Gasteiger partial charge in [0.05, 0.1) is 12.3 Å². The number of hydrogen-bond acceptors (Lipinski definition) is 5. The van der Waals surface area contributed by atoms with Crippen LogP contribution in [0, 0.1) is 17.8 Å². The highest BCUT2D eigenvalue weighted by Crippen LogP contribution is 2.49. The lowest BCUT2D eigenvalue weighted by Gasteiger charge is -2.28. The van der Waals surface area contributed by atoms with Crippen LogP contribution in [0.4, 0.5) is 0 Å². The smallest absolute Gasteiger partial charge is 0.230 e. The Labute approximate surface area is 183 Å². The Hall–Kier alpha value is -1.57. The van der Waals surface area contributed by atoms with Crippen LogP contribution in [-0.2, 0) is 22.7 Å². The van der Waals surface area contributed by atoms with Crippen LogP contribution < -0.4 is 5.32 Å². The largest absolute Gasteiger partial charge is 0.353 e. The number of nitrogens with one attached hydrogen (secondary N) is 1. The fourth-order valence-electron chi connectivity index (χ4n) is 5.68. The summed E-state index contributed by atoms with van der Waals surface area (Å²) in [6, 6.07) is 0.252. The number of aromatic nitrogens is 3. The molecule has 1 N–H and O–H groups in total. The van der Waals surface area contributed by atoms with Crippen LogP contribution in [-0.4, -0.2) is 49.8 Å². The van der Waals surface area contributed by atoms with Crippen molar-refractivity contribution < 1.29 is 9.59 Å². The van der Waals surface area contributed by atoms with E-state index in [1.54, 1.807) is 0 Å². The molecule has 1 aromatic rings. The normalized spacial score (nSPS) is 27.3. The zero-order valence-electron chi connectivity index (χ0n) is 18.3. The van der Waals surface area contributed by atoms with Crippen molar-refractivity contribution in [3.63, 3.8) is 0 Å². The molecule has 1 aromatic heterocycles. The first-order chi connectivity index (χ1) is 14.5. The van der Waals surface area contributed by atoms with E-state index in [1.165, 1.54) is 37.4 Å². The van der Waals surface area contributed by atoms with Gasteiger partial charge in [-0.05, 0) is 63.7 Å². The SMILES string of the molecule is CCn1c(CN2CCCCCC2=O)nnc1SCC(=O)N[C@@H](C)[C@@H]1C[C@H]2CC[C@H]1C2. The second-order valence-corrected chi connectivity index (χ2v) is 10.2. The van der Waals surface area contributed by atoms with Crippen molar-refractivity contribution in [2.45, 2.75) is 89.5 Å². The second-order valence-electron chi connectivity index (χ2n) is 9.25. The highest BCUT2D eigenvalue weighted by Gasteiger charge is 2.42. The number of likely N-dealkylation sites (tertiary alicyclic amines) is 1. The van der Waals surface area contributed by atoms with Gasteiger partial charge in [0.2, 0.25) is 11.8 Å². The predicted molar refractivity (Wildman–Crippen MR) is 117 cm³/mol. The molecule has 0 aromatic carbocycles. The fourth-order valence-corrected chi connectivity index (χ4v) is 6.51. The number of hydrogen-bond donors (Lipinski definition) is 1. The molecule has 2 bridgehead atoms. The fraction of sp³-hybridized carbons (Fsp3) is 0.818. The van der Waals surface area contributed by atoms with Crippen LogP contribution in [0.3, 0.4) is 0 Å². The number of amides is 2. The van der Waals surface area contributed by atoms with Crippen LogP contribution in [0.5, 0.6) is 0 Å². The van der Waals surface area contributed by atoms with Crippen LogP contribution in [0.1, 0.15) is 71.0 Å². The van der Waals surface area contributed by atoms with Gasteiger partial charge in [-0.3, -0.25) is 9.59 Å². The lowest BCUT2D eigenvalue weighted by molar-refractivity contribution is -0.131. The van der Waals surface area contributed by atoms with Gasteiger partial charge in [-0.2, -0.15) is 0 Å². The first-order valence-corrected chi connectivity index (χ1v) is 12.7. The first kappa shape index (κ1) is 21.7. The molecule has 3 fully saturated rings. The van der Waals surface area contributed by atoms with Gasteiger partial charge < -0.3 is 14.8 Å². The quantitative estimate of drug-likeness (QED) is 0.637. The predicted octanol–water partition coefficient (Wildman–Crippen LogP) is 3.23. The molecule has 166 valence electrons. The number of carbonyl (C=O) groups excluding carboxylic acids is 2. The first-order valence-electron chi connectivity index (χ1n) is 11.7. The maximum Gasteiger partial charge on any atom is 0.230 e. The Kier molecular flexibility index (Phi) is 7.01. The number of fused-ring (bicyclic) bond motifs is 2. The Balaban J connectivity index is 1.30. The Morgan fingerprint density at radius 1 is 1.23 bits per heavy atom. The van der Waals surface area contributed by atoms with Gasteiger partial charge in [-0.15, -0.1) is 10.2 Å². The Morgan fingerprint density at radius 2 is 2.10 bits per heavy atom. The zero-order valence-corrected chi connectivity index (χ0v) is 19.1. The summed E-state index contributed by atoms with van der Waals surface area (Å²) in [5.74, 6) is 3.80. The van der Waals surface area contributed by atoms with E-state index in [-0.39, 0.29) is 17.9 Å². The van der Waals surface area contributed by atoms with E-state index in [0.717, 1.165) is 55.2 Å². The summed E-state index contributed by atoms with van der Waals surface area (Å²) < 4.78 is 2.04. The molecule has 1 aliphatic heterocycles. The van der Waals surface area contributed by atoms with Gasteiger partial charge in [-0.1, -0.05) is 24.6 Å². The van der Waals surface area contributed by atoms with E-state index in [4.69, 9.17) is 0 Å². The molecule has 2 aliphatic carbocycles. The van der Waals surface area contributed by atoms with Crippen LogP contribution in [0.2, 0.25) is 0 Å². The number of rotatable bonds is 8. The summed E-state index contributed by atoms with van der Waals surface area (Å²) in [7, 11) is 0. The van der Waals surface area contributed by atoms with E-state index in [0.29, 0.717) is 24.6 Å². The van der Waals surface area contributed by atoms with Crippen molar-refractivity contribution in [1.29, 1.82) is 0 Å². The molecular formula is C22H35N5O2S. The summed E-state index contributed by atoms with van der Waals surface area (Å²) in [4.78, 5) is 26.8. The summed E-state index contributed by atoms with van der Waals surface area (Å²) in [6.45, 7) is 6.25. The van der Waals surface area contributed by atoms with Gasteiger partial charge in [0, 0.05) is 25.6 Å². The van der Waals surface area contributed by atoms with E-state index in [9.17, 15) is 9.59 Å². The number of carbonyl (C=O) groups is 2. The average Bonchev–Trinajstić information content (AvgIpc) is 3.43. The van der Waals surface area contributed by atoms with Gasteiger partial charge in [0.15, 0.2) is 11.0 Å². The van der Waals surface area contributed by atoms with E-state index in [2.05, 4.69) is 29.4 Å². The molecule has 2 amide bonds. The third kappa shape index (κ3) is 4.84. The molecule has 0 unspecified atom stereocenters. The minimum absolute atomic E-state index is 0.0742. The van der Waals surface area contributed by atoms with Crippen LogP contribution in [0.25, 0.3) is 0 Å². The second kappa shape index (κ2) is 9.71. The minimum atomic E-state index is 0.0742. The topological polar surface area (TPSA) is 80.1 Å². The highest BCUT2D eigenvalue weighted by atomic mass is 32.2. The van der Waals surface area contributed by atoms with Crippen molar-refractivity contribution in [2.75, 3.05) is 12.3 Å². The number of thioether (sulfide) groups is 1. The molecule has 2 heterocycles. The Morgan fingerprint density at radius 3 is 2.83 bits per heavy atom. The van der Waals surface area contributed by atoms with Crippen molar-refractivity contribution in [2.24, 2.45) is 17.8 Å². The molecule has 2 saturated carbocycles. The van der Waals surface area contributed by atoms with E-state index in [1.807, 2.05) is 9.47 Å². The van der Waals surface area contributed by atoms with Gasteiger partial charge in [0.1, 0.15) is 0 Å². The van der Waals surface area contributed by atoms with Gasteiger partial charge in [-0.25, -0.2) is 0 Å². The highest BCUT2D eigenvalue weighted by molar-refractivity contribution is 7.99. The van der Waals surface area contributed by atoms with Crippen molar-refractivity contribution >= 4 is 23.6 Å². The van der Waals surface area contributed by atoms with Crippen molar-refractivity contribution in [1.82, 2.24) is 25.0 Å². The van der Waals surface area contributed by atoms with Crippen LogP contribution >= 0.6 is 11.8 Å². The molecule has 4 rings (SSSR count). The third-order valence-electron chi connectivity index (χ3n) is 7.27. The summed E-state index contributed by atoms with van der Waals surface area (Å²) in [5.41, 5.74) is 0. The molecule has 7 nitrogen and oxygen atoms in total. The van der Waals surface area contributed by atoms with Crippen molar-refractivity contribution in [3.8, 4) is 0 Å². The Bertz CT molecular complexity index is 767. The zero-order chi connectivity index (χ0) is 21.1. The number of nitrogens with zero attached hydrogens (tertiary/aromatic N) is 4. The lowest BCUT2D eigenvalue weighted by Crippen LogP contribution is -2.40. The summed E-state index contributed by atoms with van der Waals surface area (Å²) in [6.07, 6.45) is 9.13. The minimum Gasteiger partial charge on any atom is -0.353 e. The molecule has 0 radical (unpaired) electrons. The maximum atomic E-state index is 12.6. The molecular weight excluding hydrogens is 398 g/mol. The molecule has 30 heavy (non-hydrogen) atoms. The van der Waals surface area contributed by atoms with Gasteiger partial charge >= 0.3 is 0 Å². The van der Waals surface area contributed by atoms with Crippen molar-refractivity contribution in [3.05, 3.63) is 5.82 Å². The van der Waals surface area contributed by atoms with E-state index >= 15 is 0 Å². The lowest BCUT2D eigenvalue weighted by atomic mass is 9.84. The molecule has 1 saturated heterocycles. The standard InChI is InChI=1S/C22H35N5O2S/c1-3-27-19(13-26-10-6-4-5-7-21(26)29)24-25-22(27)30-14-20(28)23-15(2)18-12-16-8-9-17(18)11-16/h15-18H,3-14H2,1-2H3,(H,23,28)/t15-,16-,17-,18-/m0/s1. The van der Waals surface area contributed by atoms with Gasteiger partial charge in [0.25, 0.3) is 0 Å². The molecule has 3 aliphatic rings. The van der Waals surface area contributed by atoms with E-state index < -0.39 is 0 Å². The van der Waals surface area contributed by atoms with Crippen LogP contribution in [0.15, 0.2) is 5.16 Å². The monoisotopic (exact) mass is 433 g/mol. The third-order valence-corrected chi connectivity index (χ3v) is 8.24. The molecule has 0 spiro atoms. The molecule has 4 atom stereocenters. The summed E-state index contributed by atoms with van der Waals surface area (Å²) >= 11 is 1.44. The summed E-state index contributed by atoms with van der Waals surface area (Å²) in [5, 5.41) is 12.7. The average molecular weight is 434 g/mol. The maximum absolute atomic E-state index is 12.6.